The average molecular weight is 488 g/mol. The van der Waals surface area contributed by atoms with E-state index in [1.54, 1.807) is 6.08 Å². The van der Waals surface area contributed by atoms with Crippen molar-refractivity contribution in [3.8, 4) is 0 Å². The standard InChI is InChI=1S/C33H33N3O/c1-5-8-25(6-2)26-13-11-24(12-14-26)21-36-23(4)35-31-20-30(17-18-32(31)36)33(37)34-22(3)28-9-7-10-29(19-28)27-15-16-27/h5-14,17-20,22,27H,1-2,15-16,21H2,3-4H3,(H,34,37)/b25-8+/t22-/m0/s1. The number of imidazole rings is 1. The number of fused-ring (bicyclic) bond motifs is 1. The van der Waals surface area contributed by atoms with Crippen LogP contribution in [-0.2, 0) is 6.54 Å². The molecule has 1 aliphatic rings. The lowest BCUT2D eigenvalue weighted by atomic mass is 10.0. The highest BCUT2D eigenvalue weighted by atomic mass is 16.1. The molecule has 0 radical (unpaired) electrons. The summed E-state index contributed by atoms with van der Waals surface area (Å²) in [7, 11) is 0. The molecule has 3 aromatic carbocycles. The number of benzene rings is 3. The van der Waals surface area contributed by atoms with E-state index in [0.29, 0.717) is 18.0 Å². The van der Waals surface area contributed by atoms with Crippen LogP contribution in [-0.4, -0.2) is 15.5 Å². The van der Waals surface area contributed by atoms with E-state index in [1.807, 2.05) is 44.2 Å². The molecule has 4 aromatic rings. The topological polar surface area (TPSA) is 46.9 Å². The van der Waals surface area contributed by atoms with E-state index in [-0.39, 0.29) is 11.9 Å². The van der Waals surface area contributed by atoms with Gasteiger partial charge in [0.05, 0.1) is 17.1 Å². The van der Waals surface area contributed by atoms with Crippen LogP contribution in [0.25, 0.3) is 16.6 Å². The minimum atomic E-state index is -0.0837. The maximum Gasteiger partial charge on any atom is 0.251 e. The van der Waals surface area contributed by atoms with E-state index >= 15 is 0 Å². The SMILES string of the molecule is C=C/C=C(\C=C)c1ccc(Cn2c(C)nc3cc(C(=O)N[C@@H](C)c4cccc(C5CC5)c4)ccc32)cc1. The van der Waals surface area contributed by atoms with Crippen LogP contribution in [0.5, 0.6) is 0 Å². The zero-order valence-electron chi connectivity index (χ0n) is 21.6. The maximum absolute atomic E-state index is 13.1. The van der Waals surface area contributed by atoms with Gasteiger partial charge in [-0.1, -0.05) is 79.9 Å². The minimum Gasteiger partial charge on any atom is -0.346 e. The molecule has 1 aliphatic carbocycles. The van der Waals surface area contributed by atoms with Gasteiger partial charge in [-0.15, -0.1) is 0 Å². The monoisotopic (exact) mass is 487 g/mol. The normalized spacial score (nSPS) is 14.4. The molecular formula is C33H33N3O. The first-order valence-corrected chi connectivity index (χ1v) is 12.9. The summed E-state index contributed by atoms with van der Waals surface area (Å²) in [6, 6.07) is 22.8. The number of carbonyl (C=O) groups is 1. The summed E-state index contributed by atoms with van der Waals surface area (Å²) in [4.78, 5) is 17.8. The largest absolute Gasteiger partial charge is 0.346 e. The Morgan fingerprint density at radius 1 is 1.08 bits per heavy atom. The lowest BCUT2D eigenvalue weighted by Gasteiger charge is -2.15. The molecule has 1 aromatic heterocycles. The van der Waals surface area contributed by atoms with Crippen LogP contribution >= 0.6 is 0 Å². The van der Waals surface area contributed by atoms with E-state index in [9.17, 15) is 4.79 Å². The summed E-state index contributed by atoms with van der Waals surface area (Å²) in [5.41, 5.74) is 8.32. The maximum atomic E-state index is 13.1. The molecule has 0 unspecified atom stereocenters. The highest BCUT2D eigenvalue weighted by Gasteiger charge is 2.24. The Labute approximate surface area is 219 Å². The summed E-state index contributed by atoms with van der Waals surface area (Å²) in [5.74, 6) is 1.53. The number of hydrogen-bond donors (Lipinski definition) is 1. The first-order valence-electron chi connectivity index (χ1n) is 12.9. The third-order valence-corrected chi connectivity index (χ3v) is 7.15. The van der Waals surface area contributed by atoms with E-state index in [4.69, 9.17) is 4.98 Å². The molecule has 1 saturated carbocycles. The fraction of sp³-hybridized carbons (Fsp3) is 0.212. The fourth-order valence-electron chi connectivity index (χ4n) is 4.85. The molecular weight excluding hydrogens is 454 g/mol. The Balaban J connectivity index is 1.32. The molecule has 4 heteroatoms. The summed E-state index contributed by atoms with van der Waals surface area (Å²) in [6.07, 6.45) is 8.10. The molecule has 0 spiro atoms. The van der Waals surface area contributed by atoms with Crippen molar-refractivity contribution in [2.24, 2.45) is 0 Å². The van der Waals surface area contributed by atoms with Crippen molar-refractivity contribution < 1.29 is 4.79 Å². The number of aryl methyl sites for hydroxylation is 1. The highest BCUT2D eigenvalue weighted by Crippen LogP contribution is 2.40. The molecule has 5 rings (SSSR count). The Morgan fingerprint density at radius 3 is 2.54 bits per heavy atom. The molecule has 1 atom stereocenters. The third-order valence-electron chi connectivity index (χ3n) is 7.15. The molecule has 1 fully saturated rings. The second-order valence-electron chi connectivity index (χ2n) is 9.85. The van der Waals surface area contributed by atoms with Gasteiger partial charge in [-0.3, -0.25) is 4.79 Å². The third kappa shape index (κ3) is 5.34. The second kappa shape index (κ2) is 10.4. The number of rotatable bonds is 9. The molecule has 37 heavy (non-hydrogen) atoms. The number of nitrogens with zero attached hydrogens (tertiary/aromatic N) is 2. The molecule has 1 amide bonds. The van der Waals surface area contributed by atoms with Gasteiger partial charge >= 0.3 is 0 Å². The van der Waals surface area contributed by atoms with Crippen LogP contribution in [0.1, 0.15) is 70.2 Å². The van der Waals surface area contributed by atoms with Gasteiger partial charge in [-0.05, 0) is 78.6 Å². The molecule has 186 valence electrons. The number of hydrogen-bond acceptors (Lipinski definition) is 2. The van der Waals surface area contributed by atoms with Crippen LogP contribution in [0, 0.1) is 6.92 Å². The average Bonchev–Trinajstić information content (AvgIpc) is 3.72. The lowest BCUT2D eigenvalue weighted by molar-refractivity contribution is 0.0940. The molecule has 4 nitrogen and oxygen atoms in total. The molecule has 1 heterocycles. The molecule has 0 bridgehead atoms. The predicted octanol–water partition coefficient (Wildman–Crippen LogP) is 7.52. The first kappa shape index (κ1) is 24.5. The van der Waals surface area contributed by atoms with Gasteiger partial charge in [0.15, 0.2) is 0 Å². The van der Waals surface area contributed by atoms with Crippen molar-refractivity contribution in [2.45, 2.75) is 45.2 Å². The van der Waals surface area contributed by atoms with Crippen molar-refractivity contribution in [2.75, 3.05) is 0 Å². The Morgan fingerprint density at radius 2 is 1.84 bits per heavy atom. The summed E-state index contributed by atoms with van der Waals surface area (Å²) >= 11 is 0. The minimum absolute atomic E-state index is 0.0629. The summed E-state index contributed by atoms with van der Waals surface area (Å²) in [5, 5.41) is 3.16. The van der Waals surface area contributed by atoms with Crippen molar-refractivity contribution >= 4 is 22.5 Å². The van der Waals surface area contributed by atoms with E-state index in [0.717, 1.165) is 33.6 Å². The van der Waals surface area contributed by atoms with Gasteiger partial charge in [0.1, 0.15) is 5.82 Å². The van der Waals surface area contributed by atoms with E-state index in [2.05, 4.69) is 71.6 Å². The molecule has 1 N–H and O–H groups in total. The van der Waals surface area contributed by atoms with Crippen LogP contribution in [0.4, 0.5) is 0 Å². The zero-order chi connectivity index (χ0) is 25.9. The van der Waals surface area contributed by atoms with Crippen molar-refractivity contribution in [1.29, 1.82) is 0 Å². The smallest absolute Gasteiger partial charge is 0.251 e. The highest BCUT2D eigenvalue weighted by molar-refractivity contribution is 5.97. The lowest BCUT2D eigenvalue weighted by Crippen LogP contribution is -2.26. The first-order chi connectivity index (χ1) is 18.0. The van der Waals surface area contributed by atoms with Gasteiger partial charge in [-0.2, -0.15) is 0 Å². The fourth-order valence-corrected chi connectivity index (χ4v) is 4.85. The van der Waals surface area contributed by atoms with Crippen LogP contribution < -0.4 is 5.32 Å². The van der Waals surface area contributed by atoms with Gasteiger partial charge in [0, 0.05) is 12.1 Å². The van der Waals surface area contributed by atoms with Crippen molar-refractivity contribution in [3.63, 3.8) is 0 Å². The van der Waals surface area contributed by atoms with Crippen molar-refractivity contribution in [1.82, 2.24) is 14.9 Å². The molecule has 0 saturated heterocycles. The van der Waals surface area contributed by atoms with Gasteiger partial charge in [-0.25, -0.2) is 4.98 Å². The number of carbonyl (C=O) groups excluding carboxylic acids is 1. The second-order valence-corrected chi connectivity index (χ2v) is 9.85. The van der Waals surface area contributed by atoms with Crippen LogP contribution in [0.3, 0.4) is 0 Å². The Bertz CT molecular complexity index is 1500. The number of aromatic nitrogens is 2. The quantitative estimate of drug-likeness (QED) is 0.248. The summed E-state index contributed by atoms with van der Waals surface area (Å²) in [6.45, 7) is 12.4. The molecule has 0 aliphatic heterocycles. The van der Waals surface area contributed by atoms with Gasteiger partial charge < -0.3 is 9.88 Å². The van der Waals surface area contributed by atoms with E-state index < -0.39 is 0 Å². The Hall–Kier alpha value is -4.18. The van der Waals surface area contributed by atoms with Crippen molar-refractivity contribution in [3.05, 3.63) is 132 Å². The Kier molecular flexibility index (Phi) is 6.91. The van der Waals surface area contributed by atoms with Gasteiger partial charge in [0.25, 0.3) is 5.91 Å². The zero-order valence-corrected chi connectivity index (χ0v) is 21.6. The van der Waals surface area contributed by atoms with Gasteiger partial charge in [0.2, 0.25) is 0 Å². The van der Waals surface area contributed by atoms with Crippen LogP contribution in [0.15, 0.2) is 98.1 Å². The summed E-state index contributed by atoms with van der Waals surface area (Å²) < 4.78 is 2.19. The predicted molar refractivity (Wildman–Crippen MR) is 153 cm³/mol. The van der Waals surface area contributed by atoms with E-state index in [1.165, 1.54) is 24.0 Å². The number of nitrogens with one attached hydrogen (secondary N) is 1. The number of amides is 1. The number of allylic oxidation sites excluding steroid dienone is 4. The van der Waals surface area contributed by atoms with Crippen LogP contribution in [0.2, 0.25) is 0 Å².